The first-order valence-electron chi connectivity index (χ1n) is 8.16. The second kappa shape index (κ2) is 6.37. The Morgan fingerprint density at radius 1 is 1.16 bits per heavy atom. The number of carbonyl (C=O) groups excluding carboxylic acids is 1. The average molecular weight is 350 g/mol. The number of nitrogens with zero attached hydrogens (tertiary/aromatic N) is 3. The number of benzene rings is 2. The molecule has 0 spiro atoms. The number of fused-ring (bicyclic) bond motifs is 2. The van der Waals surface area contributed by atoms with E-state index in [-0.39, 0.29) is 12.1 Å². The van der Waals surface area contributed by atoms with E-state index in [2.05, 4.69) is 46.6 Å². The maximum Gasteiger partial charge on any atom is 0.276 e. The second-order valence-corrected chi connectivity index (χ2v) is 7.07. The van der Waals surface area contributed by atoms with E-state index in [0.717, 1.165) is 16.3 Å². The number of aryl methyl sites for hydroxylation is 1. The van der Waals surface area contributed by atoms with E-state index in [1.54, 1.807) is 5.01 Å². The van der Waals surface area contributed by atoms with Crippen molar-refractivity contribution < 1.29 is 4.79 Å². The van der Waals surface area contributed by atoms with Crippen molar-refractivity contribution in [3.05, 3.63) is 70.2 Å². The van der Waals surface area contributed by atoms with Crippen molar-refractivity contribution in [3.63, 3.8) is 0 Å². The van der Waals surface area contributed by atoms with E-state index in [9.17, 15) is 4.79 Å². The number of hydrazone groups is 1. The summed E-state index contributed by atoms with van der Waals surface area (Å²) in [5, 5.41) is 11.5. The fourth-order valence-electron chi connectivity index (χ4n) is 2.89. The highest BCUT2D eigenvalue weighted by Gasteiger charge is 2.31. The predicted octanol–water partition coefficient (Wildman–Crippen LogP) is 1.72. The van der Waals surface area contributed by atoms with Crippen molar-refractivity contribution >= 4 is 28.5 Å². The van der Waals surface area contributed by atoms with Crippen LogP contribution in [0.1, 0.15) is 18.1 Å². The maximum absolute atomic E-state index is 12.7. The van der Waals surface area contributed by atoms with Gasteiger partial charge in [-0.2, -0.15) is 0 Å². The van der Waals surface area contributed by atoms with Crippen LogP contribution in [0.2, 0.25) is 0 Å². The molecule has 2 aromatic carbocycles. The molecule has 1 atom stereocenters. The lowest BCUT2D eigenvalue weighted by Crippen LogP contribution is -2.51. The van der Waals surface area contributed by atoms with E-state index < -0.39 is 0 Å². The molecule has 2 aliphatic rings. The summed E-state index contributed by atoms with van der Waals surface area (Å²) in [5.74, 6) is 0.626. The van der Waals surface area contributed by atoms with Gasteiger partial charge in [-0.25, -0.2) is 5.01 Å². The molecule has 0 fully saturated rings. The van der Waals surface area contributed by atoms with Gasteiger partial charge in [0.1, 0.15) is 11.9 Å². The standard InChI is InChI=1S/C19H18N4OS/c1-12-7-9-14(10-8-12)11-25-19-21-18(24)17-15-5-3-4-6-16(15)20-13(2)23(17)22-19/h3-10,13H,11H2,1-2H3,(H,21,22,24)/t13-/m0/s1. The Kier molecular flexibility index (Phi) is 4.05. The Morgan fingerprint density at radius 3 is 2.72 bits per heavy atom. The molecule has 5 nitrogen and oxygen atoms in total. The van der Waals surface area contributed by atoms with Crippen LogP contribution in [-0.4, -0.2) is 22.2 Å². The highest BCUT2D eigenvalue weighted by atomic mass is 32.2. The summed E-state index contributed by atoms with van der Waals surface area (Å²) in [4.78, 5) is 17.3. The molecule has 6 heteroatoms. The summed E-state index contributed by atoms with van der Waals surface area (Å²) < 4.78 is 0. The van der Waals surface area contributed by atoms with Crippen molar-refractivity contribution in [2.75, 3.05) is 0 Å². The number of amidine groups is 1. The molecule has 0 aromatic heterocycles. The predicted molar refractivity (Wildman–Crippen MR) is 100.0 cm³/mol. The zero-order chi connectivity index (χ0) is 17.4. The molecule has 0 radical (unpaired) electrons. The van der Waals surface area contributed by atoms with Gasteiger partial charge in [0.15, 0.2) is 5.17 Å². The number of hydrogen-bond acceptors (Lipinski definition) is 5. The third-order valence-corrected chi connectivity index (χ3v) is 5.13. The Bertz CT molecular complexity index is 981. The number of amides is 1. The third-order valence-electron chi connectivity index (χ3n) is 4.20. The molecule has 1 N–H and O–H groups in total. The Morgan fingerprint density at radius 2 is 1.92 bits per heavy atom. The molecular formula is C19H18N4OS. The average Bonchev–Trinajstić information content (AvgIpc) is 2.61. The molecule has 4 rings (SSSR count). The molecule has 2 heterocycles. The number of hydrogen-bond donors (Lipinski definition) is 1. The van der Waals surface area contributed by atoms with Gasteiger partial charge in [0.2, 0.25) is 0 Å². The smallest absolute Gasteiger partial charge is 0.276 e. The number of nitrogens with one attached hydrogen (secondary N) is 1. The molecule has 0 unspecified atom stereocenters. The lowest BCUT2D eigenvalue weighted by molar-refractivity contribution is -0.116. The Hall–Kier alpha value is -2.60. The lowest BCUT2D eigenvalue weighted by Gasteiger charge is -2.32. The van der Waals surface area contributed by atoms with Gasteiger partial charge in [-0.1, -0.05) is 59.8 Å². The van der Waals surface area contributed by atoms with Crippen LogP contribution < -0.4 is 15.9 Å². The zero-order valence-corrected chi connectivity index (χ0v) is 14.9. The zero-order valence-electron chi connectivity index (χ0n) is 14.1. The van der Waals surface area contributed by atoms with Crippen LogP contribution in [0.5, 0.6) is 0 Å². The minimum absolute atomic E-state index is 0.129. The van der Waals surface area contributed by atoms with Gasteiger partial charge in [-0.05, 0) is 25.5 Å². The van der Waals surface area contributed by atoms with Crippen LogP contribution >= 0.6 is 11.8 Å². The van der Waals surface area contributed by atoms with Crippen LogP contribution in [0.15, 0.2) is 58.6 Å². The molecule has 1 amide bonds. The van der Waals surface area contributed by atoms with E-state index in [1.165, 1.54) is 22.9 Å². The van der Waals surface area contributed by atoms with E-state index in [1.807, 2.05) is 31.2 Å². The highest BCUT2D eigenvalue weighted by Crippen LogP contribution is 2.22. The van der Waals surface area contributed by atoms with Gasteiger partial charge in [0.25, 0.3) is 5.91 Å². The minimum atomic E-state index is -0.203. The van der Waals surface area contributed by atoms with Gasteiger partial charge in [-0.3, -0.25) is 15.1 Å². The summed E-state index contributed by atoms with van der Waals surface area (Å²) in [6, 6.07) is 16.0. The van der Waals surface area contributed by atoms with Crippen molar-refractivity contribution in [2.24, 2.45) is 10.1 Å². The Labute approximate surface area is 150 Å². The summed E-state index contributed by atoms with van der Waals surface area (Å²) in [5.41, 5.74) is 3.00. The van der Waals surface area contributed by atoms with Gasteiger partial charge < -0.3 is 0 Å². The fourth-order valence-corrected chi connectivity index (χ4v) is 3.70. The van der Waals surface area contributed by atoms with E-state index >= 15 is 0 Å². The maximum atomic E-state index is 12.7. The number of thioether (sulfide) groups is 1. The van der Waals surface area contributed by atoms with Crippen molar-refractivity contribution in [1.82, 2.24) is 10.3 Å². The molecule has 2 aliphatic heterocycles. The molecule has 126 valence electrons. The summed E-state index contributed by atoms with van der Waals surface area (Å²) >= 11 is 1.52. The van der Waals surface area contributed by atoms with Gasteiger partial charge in [0, 0.05) is 11.0 Å². The normalized spacial score (nSPS) is 18.7. The van der Waals surface area contributed by atoms with Crippen molar-refractivity contribution in [2.45, 2.75) is 25.8 Å². The Balaban J connectivity index is 1.63. The van der Waals surface area contributed by atoms with Crippen molar-refractivity contribution in [3.8, 4) is 0 Å². The molecule has 25 heavy (non-hydrogen) atoms. The van der Waals surface area contributed by atoms with Crippen LogP contribution in [0.4, 0.5) is 0 Å². The first-order chi connectivity index (χ1) is 12.1. The monoisotopic (exact) mass is 350 g/mol. The van der Waals surface area contributed by atoms with Gasteiger partial charge in [-0.15, -0.1) is 5.10 Å². The van der Waals surface area contributed by atoms with Gasteiger partial charge in [0.05, 0.1) is 5.36 Å². The van der Waals surface area contributed by atoms with Crippen LogP contribution in [0.25, 0.3) is 5.70 Å². The number of rotatable bonds is 2. The second-order valence-electron chi connectivity index (χ2n) is 6.10. The molecule has 0 aliphatic carbocycles. The quantitative estimate of drug-likeness (QED) is 0.897. The van der Waals surface area contributed by atoms with Crippen LogP contribution in [-0.2, 0) is 10.5 Å². The fraction of sp³-hybridized carbons (Fsp3) is 0.211. The SMILES string of the molecule is Cc1ccc(CSC2=NN3C(=c4ccccc4=N[C@@H]3C)C(=O)N2)cc1. The lowest BCUT2D eigenvalue weighted by atomic mass is 10.2. The van der Waals surface area contributed by atoms with Gasteiger partial charge >= 0.3 is 0 Å². The topological polar surface area (TPSA) is 57.1 Å². The first kappa shape index (κ1) is 15.9. The highest BCUT2D eigenvalue weighted by molar-refractivity contribution is 8.13. The molecule has 2 aromatic rings. The summed E-state index contributed by atoms with van der Waals surface area (Å²) in [6.07, 6.45) is -0.203. The minimum Gasteiger partial charge on any atom is -0.298 e. The van der Waals surface area contributed by atoms with Crippen LogP contribution in [0.3, 0.4) is 0 Å². The number of carbonyl (C=O) groups is 1. The summed E-state index contributed by atoms with van der Waals surface area (Å²) in [6.45, 7) is 4.01. The molecular weight excluding hydrogens is 332 g/mol. The van der Waals surface area contributed by atoms with Crippen LogP contribution in [0, 0.1) is 6.92 Å². The summed E-state index contributed by atoms with van der Waals surface area (Å²) in [7, 11) is 0. The van der Waals surface area contributed by atoms with E-state index in [4.69, 9.17) is 0 Å². The first-order valence-corrected chi connectivity index (χ1v) is 9.15. The van der Waals surface area contributed by atoms with E-state index in [0.29, 0.717) is 10.9 Å². The molecule has 0 saturated heterocycles. The molecule has 0 saturated carbocycles. The van der Waals surface area contributed by atoms with Crippen molar-refractivity contribution in [1.29, 1.82) is 0 Å². The molecule has 0 bridgehead atoms. The number of para-hydroxylation sites is 1. The largest absolute Gasteiger partial charge is 0.298 e. The third kappa shape index (κ3) is 3.05.